The number of rotatable bonds is 31. The number of carboxylic acids is 4. The van der Waals surface area contributed by atoms with Crippen LogP contribution in [0.2, 0.25) is 5.02 Å². The highest BCUT2D eigenvalue weighted by Crippen LogP contribution is 2.30. The van der Waals surface area contributed by atoms with Crippen molar-refractivity contribution in [1.82, 2.24) is 34.8 Å². The Balaban J connectivity index is 1.34. The van der Waals surface area contributed by atoms with Gasteiger partial charge in [0, 0.05) is 81.2 Å². The molecule has 9 N–H and O–H groups in total. The Kier molecular flexibility index (Phi) is 27.2. The van der Waals surface area contributed by atoms with Crippen molar-refractivity contribution in [1.29, 1.82) is 0 Å². The lowest BCUT2D eigenvalue weighted by Crippen LogP contribution is -2.50. The Hall–Kier alpha value is -6.62. The molecule has 27 heteroatoms. The number of ether oxygens (including phenoxy) is 5. The normalized spacial score (nSPS) is 14.6. The Morgan fingerprint density at radius 3 is 1.76 bits per heavy atom. The molecule has 1 aromatic heterocycles. The van der Waals surface area contributed by atoms with Gasteiger partial charge in [-0.15, -0.1) is 0 Å². The van der Waals surface area contributed by atoms with E-state index in [-0.39, 0.29) is 173 Å². The predicted molar refractivity (Wildman–Crippen MR) is 274 cm³/mol. The van der Waals surface area contributed by atoms with E-state index in [0.29, 0.717) is 28.2 Å². The number of halogens is 1. The number of carbonyl (C=O) groups is 6. The molecule has 0 bridgehead atoms. The van der Waals surface area contributed by atoms with E-state index in [9.17, 15) is 64.2 Å². The van der Waals surface area contributed by atoms with E-state index in [1.807, 2.05) is 0 Å². The maximum absolute atomic E-state index is 14.2. The van der Waals surface area contributed by atoms with Crippen molar-refractivity contribution in [3.63, 3.8) is 0 Å². The van der Waals surface area contributed by atoms with Crippen LogP contribution in [0.1, 0.15) is 29.2 Å². The minimum Gasteiger partial charge on any atom is -0.491 e. The van der Waals surface area contributed by atoms with Gasteiger partial charge in [-0.25, -0.2) is 4.79 Å². The van der Waals surface area contributed by atoms with Crippen molar-refractivity contribution >= 4 is 53.1 Å². The summed E-state index contributed by atoms with van der Waals surface area (Å²) in [6.45, 7) is 2.57. The van der Waals surface area contributed by atoms with Crippen LogP contribution in [-0.4, -0.2) is 235 Å². The number of aryl methyl sites for hydroxylation is 1. The molecule has 2 heterocycles. The van der Waals surface area contributed by atoms with Crippen LogP contribution < -0.4 is 35.7 Å². The first kappa shape index (κ1) is 61.9. The molecule has 2 aromatic carbocycles. The first-order chi connectivity index (χ1) is 36.5. The molecule has 1 aliphatic heterocycles. The van der Waals surface area contributed by atoms with Crippen LogP contribution >= 0.6 is 11.6 Å². The highest BCUT2D eigenvalue weighted by molar-refractivity contribution is 6.31. The van der Waals surface area contributed by atoms with Crippen molar-refractivity contribution in [2.45, 2.75) is 25.9 Å². The molecular weight excluding hydrogens is 1020 g/mol. The molecule has 1 saturated heterocycles. The molecular formula is C49H69ClN8O18. The fourth-order valence-corrected chi connectivity index (χ4v) is 8.13. The number of carboxylic acid groups (broad SMARTS) is 4. The number of benzene rings is 2. The number of aliphatic carboxylic acids is 4. The molecule has 1 atom stereocenters. The van der Waals surface area contributed by atoms with E-state index < -0.39 is 47.9 Å². The molecule has 1 fully saturated rings. The third-order valence-electron chi connectivity index (χ3n) is 11.5. The van der Waals surface area contributed by atoms with E-state index in [4.69, 9.17) is 35.3 Å². The van der Waals surface area contributed by atoms with Crippen LogP contribution in [0.5, 0.6) is 17.2 Å². The van der Waals surface area contributed by atoms with Gasteiger partial charge < -0.3 is 74.8 Å². The van der Waals surface area contributed by atoms with Gasteiger partial charge in [0.2, 0.25) is 5.91 Å². The number of hydrogen-bond acceptors (Lipinski definition) is 18. The van der Waals surface area contributed by atoms with Gasteiger partial charge in [0.15, 0.2) is 11.4 Å². The number of carbonyl (C=O) groups excluding carboxylic acids is 2. The zero-order valence-corrected chi connectivity index (χ0v) is 43.1. The maximum atomic E-state index is 14.2. The topological polar surface area (TPSA) is 341 Å². The monoisotopic (exact) mass is 1090 g/mol. The summed E-state index contributed by atoms with van der Waals surface area (Å²) in [6.07, 6.45) is 0.969. The van der Waals surface area contributed by atoms with Crippen LogP contribution in [0.4, 0.5) is 10.5 Å². The lowest BCUT2D eigenvalue weighted by Gasteiger charge is -2.32. The average molecular weight is 1090 g/mol. The molecule has 420 valence electrons. The Labute approximate surface area is 443 Å². The number of anilines is 1. The standard InChI is InChI=1S/C49H69ClN8O18/c1-34-28-58(29-37-38(50)6-3-7-40(37)75-21-18-60)48(70)46(53-49(71)52-39(27-42(62)63)35-4-2-5-36(26-35)74-20-17-59)47(34)76-25-24-73-23-22-72-19-8-51-41(61)30-54-9-11-55(31-43(64)65)13-15-57(33-45(68)69)16-14-56(12-10-54)32-44(66)67/h2-7,26,28,39,59-60H,8-25,27,29-33H2,1H3,(H,51,61)(H,62,63)(H,64,65)(H,66,67)(H,68,69)(H2,52,53,71). The van der Waals surface area contributed by atoms with Crippen LogP contribution in [0, 0.1) is 6.92 Å². The summed E-state index contributed by atoms with van der Waals surface area (Å²) in [7, 11) is 0. The smallest absolute Gasteiger partial charge is 0.319 e. The summed E-state index contributed by atoms with van der Waals surface area (Å²) >= 11 is 6.55. The quantitative estimate of drug-likeness (QED) is 0.0381. The van der Waals surface area contributed by atoms with Gasteiger partial charge in [-0.05, 0) is 36.8 Å². The number of hydrogen-bond donors (Lipinski definition) is 9. The Morgan fingerprint density at radius 2 is 1.20 bits per heavy atom. The van der Waals surface area contributed by atoms with Gasteiger partial charge in [-0.2, -0.15) is 0 Å². The maximum Gasteiger partial charge on any atom is 0.319 e. The molecule has 0 aliphatic carbocycles. The first-order valence-electron chi connectivity index (χ1n) is 24.4. The zero-order chi connectivity index (χ0) is 55.4. The zero-order valence-electron chi connectivity index (χ0n) is 42.4. The van der Waals surface area contributed by atoms with Gasteiger partial charge in [0.25, 0.3) is 5.56 Å². The largest absolute Gasteiger partial charge is 0.491 e. The highest BCUT2D eigenvalue weighted by Gasteiger charge is 2.25. The summed E-state index contributed by atoms with van der Waals surface area (Å²) in [4.78, 5) is 94.4. The van der Waals surface area contributed by atoms with E-state index in [2.05, 4.69) is 16.0 Å². The van der Waals surface area contributed by atoms with Crippen LogP contribution in [-0.2, 0) is 40.0 Å². The van der Waals surface area contributed by atoms with Crippen molar-refractivity contribution < 1.29 is 83.1 Å². The number of aliphatic hydroxyl groups excluding tert-OH is 2. The second-order valence-corrected chi connectivity index (χ2v) is 17.7. The summed E-state index contributed by atoms with van der Waals surface area (Å²) in [6, 6.07) is 9.18. The second kappa shape index (κ2) is 33.4. The molecule has 0 spiro atoms. The molecule has 3 amide bonds. The van der Waals surface area contributed by atoms with E-state index in [1.54, 1.807) is 62.9 Å². The molecule has 1 aliphatic rings. The van der Waals surface area contributed by atoms with Crippen LogP contribution in [0.3, 0.4) is 0 Å². The van der Waals surface area contributed by atoms with E-state index >= 15 is 0 Å². The molecule has 1 unspecified atom stereocenters. The van der Waals surface area contributed by atoms with Gasteiger partial charge in [0.05, 0.1) is 84.8 Å². The summed E-state index contributed by atoms with van der Waals surface area (Å²) in [5.74, 6) is -4.08. The number of nitrogens with zero attached hydrogens (tertiary/aromatic N) is 5. The van der Waals surface area contributed by atoms with Crippen molar-refractivity contribution in [2.75, 3.05) is 150 Å². The molecule has 26 nitrogen and oxygen atoms in total. The van der Waals surface area contributed by atoms with Gasteiger partial charge >= 0.3 is 29.9 Å². The van der Waals surface area contributed by atoms with Crippen LogP contribution in [0.25, 0.3) is 0 Å². The first-order valence-corrected chi connectivity index (χ1v) is 24.8. The fraction of sp³-hybridized carbons (Fsp3) is 0.531. The SMILES string of the molecule is Cc1cn(Cc2c(Cl)cccc2OCCO)c(=O)c(NC(=O)NC(CC(=O)O)c2cccc(OCCO)c2)c1OCCOCCOCCNC(=O)CN1CCN(CC(=O)O)CCN(CC(=O)O)CCN(CC(=O)O)CC1. The number of amides is 3. The summed E-state index contributed by atoms with van der Waals surface area (Å²) < 4.78 is 29.8. The second-order valence-electron chi connectivity index (χ2n) is 17.3. The van der Waals surface area contributed by atoms with Crippen molar-refractivity contribution in [2.24, 2.45) is 0 Å². The number of nitrogens with one attached hydrogen (secondary N) is 3. The molecule has 4 rings (SSSR count). The predicted octanol–water partition coefficient (Wildman–Crippen LogP) is -0.0583. The molecule has 0 saturated carbocycles. The lowest BCUT2D eigenvalue weighted by atomic mass is 10.0. The Morgan fingerprint density at radius 1 is 0.658 bits per heavy atom. The summed E-state index contributed by atoms with van der Waals surface area (Å²) in [5, 5.41) is 64.9. The highest BCUT2D eigenvalue weighted by atomic mass is 35.5. The minimum absolute atomic E-state index is 0.00400. The molecule has 3 aromatic rings. The Bertz CT molecular complexity index is 2400. The molecule has 0 radical (unpaired) electrons. The average Bonchev–Trinajstić information content (AvgIpc) is 3.36. The fourth-order valence-electron chi connectivity index (χ4n) is 7.91. The van der Waals surface area contributed by atoms with Crippen LogP contribution in [0.15, 0.2) is 53.5 Å². The number of aliphatic hydroxyl groups is 2. The van der Waals surface area contributed by atoms with Crippen molar-refractivity contribution in [3.8, 4) is 17.2 Å². The van der Waals surface area contributed by atoms with E-state index in [1.165, 1.54) is 16.8 Å². The number of pyridine rings is 1. The van der Waals surface area contributed by atoms with Gasteiger partial charge in [-0.1, -0.05) is 29.8 Å². The van der Waals surface area contributed by atoms with E-state index in [0.717, 1.165) is 0 Å². The van der Waals surface area contributed by atoms with Gasteiger partial charge in [-0.3, -0.25) is 48.4 Å². The lowest BCUT2D eigenvalue weighted by molar-refractivity contribution is -0.140. The summed E-state index contributed by atoms with van der Waals surface area (Å²) in [5.41, 5.74) is 0.212. The van der Waals surface area contributed by atoms with Gasteiger partial charge in [0.1, 0.15) is 31.3 Å². The van der Waals surface area contributed by atoms with Crippen molar-refractivity contribution in [3.05, 3.63) is 80.7 Å². The minimum atomic E-state index is -1.22. The number of urea groups is 1. The number of aromatic nitrogens is 1. The third kappa shape index (κ3) is 22.7. The molecule has 76 heavy (non-hydrogen) atoms. The third-order valence-corrected chi connectivity index (χ3v) is 11.8.